The average molecular weight is 686 g/mol. The Kier molecular flexibility index (Phi) is 13.1. The molecule has 0 unspecified atom stereocenters. The lowest BCUT2D eigenvalue weighted by Gasteiger charge is -2.48. The van der Waals surface area contributed by atoms with Crippen molar-refractivity contribution in [2.45, 2.75) is 166 Å². The summed E-state index contributed by atoms with van der Waals surface area (Å²) in [5.74, 6) is -2.58. The Bertz CT molecular complexity index is 1060. The number of carbonyl (C=O) groups is 1. The van der Waals surface area contributed by atoms with E-state index < -0.39 is 71.7 Å². The summed E-state index contributed by atoms with van der Waals surface area (Å²) in [7, 11) is 3.94. The predicted molar refractivity (Wildman–Crippen MR) is 182 cm³/mol. The molecule has 4 heterocycles. The highest BCUT2D eigenvalue weighted by Crippen LogP contribution is 2.47. The summed E-state index contributed by atoms with van der Waals surface area (Å²) in [5, 5.41) is 38.2. The Labute approximate surface area is 289 Å². The van der Waals surface area contributed by atoms with Crippen molar-refractivity contribution < 1.29 is 43.8 Å². The maximum atomic E-state index is 14.1. The van der Waals surface area contributed by atoms with E-state index in [1.54, 1.807) is 13.8 Å². The highest BCUT2D eigenvalue weighted by Gasteiger charge is 2.58. The lowest BCUT2D eigenvalue weighted by atomic mass is 9.78. The van der Waals surface area contributed by atoms with E-state index in [9.17, 15) is 20.1 Å². The quantitative estimate of drug-likeness (QED) is 0.316. The molecule has 0 aromatic carbocycles. The van der Waals surface area contributed by atoms with Crippen LogP contribution in [0.5, 0.6) is 0 Å². The number of likely N-dealkylation sites (N-methyl/N-ethyl adjacent to an activating group) is 2. The fourth-order valence-corrected chi connectivity index (χ4v) is 8.89. The van der Waals surface area contributed by atoms with Crippen LogP contribution in [0.3, 0.4) is 0 Å². The number of aliphatic hydroxyl groups excluding tert-OH is 2. The topological polar surface area (TPSA) is 142 Å². The zero-order valence-corrected chi connectivity index (χ0v) is 31.5. The van der Waals surface area contributed by atoms with Gasteiger partial charge in [-0.1, -0.05) is 27.7 Å². The summed E-state index contributed by atoms with van der Waals surface area (Å²) >= 11 is 0. The van der Waals surface area contributed by atoms with Crippen LogP contribution < -0.4 is 5.32 Å². The molecular weight excluding hydrogens is 618 g/mol. The highest BCUT2D eigenvalue weighted by molar-refractivity contribution is 5.73. The molecule has 0 amide bonds. The van der Waals surface area contributed by atoms with Crippen molar-refractivity contribution in [3.8, 4) is 0 Å². The third-order valence-electron chi connectivity index (χ3n) is 11.9. The molecular formula is C36H67N3O9. The first-order chi connectivity index (χ1) is 22.4. The monoisotopic (exact) mass is 685 g/mol. The van der Waals surface area contributed by atoms with Gasteiger partial charge in [0.15, 0.2) is 12.1 Å². The van der Waals surface area contributed by atoms with Gasteiger partial charge in [0.05, 0.1) is 29.8 Å². The minimum absolute atomic E-state index is 0.0608. The second-order valence-electron chi connectivity index (χ2n) is 16.0. The molecule has 0 saturated carbocycles. The van der Waals surface area contributed by atoms with Crippen molar-refractivity contribution in [2.75, 3.05) is 40.3 Å². The first kappa shape index (κ1) is 39.8. The van der Waals surface area contributed by atoms with Crippen LogP contribution in [-0.2, 0) is 28.5 Å². The zero-order valence-electron chi connectivity index (χ0n) is 31.5. The van der Waals surface area contributed by atoms with Crippen molar-refractivity contribution in [2.24, 2.45) is 17.8 Å². The highest BCUT2D eigenvalue weighted by atomic mass is 16.7. The van der Waals surface area contributed by atoms with Crippen LogP contribution in [0.2, 0.25) is 0 Å². The fourth-order valence-electron chi connectivity index (χ4n) is 8.89. The Morgan fingerprint density at radius 1 is 1.08 bits per heavy atom. The SMILES string of the molecule is CC[C@H]1OC(=O)[C@H](C)[C@H]2OC3(CCNCC3)O[C@@](C)(C[C@@H](C)CN(C)[C@H](C)[C@@H](O)[C@]1(C)O)[C@H](O[C@@H]1O[C@H](C)C[C@H](N(C)CC)[C@H]1O)[C@H]2C. The van der Waals surface area contributed by atoms with Gasteiger partial charge >= 0.3 is 5.97 Å². The number of cyclic esters (lactones) is 1. The molecule has 4 fully saturated rings. The summed E-state index contributed by atoms with van der Waals surface area (Å²) in [6.07, 6.45) is -2.61. The van der Waals surface area contributed by atoms with Gasteiger partial charge in [-0.25, -0.2) is 0 Å². The number of piperidine rings is 1. The number of nitrogens with zero attached hydrogens (tertiary/aromatic N) is 2. The Morgan fingerprint density at radius 2 is 1.73 bits per heavy atom. The molecule has 2 bridgehead atoms. The molecule has 4 rings (SSSR count). The van der Waals surface area contributed by atoms with Gasteiger partial charge in [-0.15, -0.1) is 0 Å². The number of fused-ring (bicyclic) bond motifs is 3. The predicted octanol–water partition coefficient (Wildman–Crippen LogP) is 2.51. The molecule has 1 spiro atoms. The van der Waals surface area contributed by atoms with Crippen LogP contribution in [0.15, 0.2) is 0 Å². The molecule has 14 atom stereocenters. The van der Waals surface area contributed by atoms with Gasteiger partial charge < -0.3 is 54.1 Å². The van der Waals surface area contributed by atoms with Crippen LogP contribution >= 0.6 is 0 Å². The largest absolute Gasteiger partial charge is 0.459 e. The molecule has 0 aromatic heterocycles. The van der Waals surface area contributed by atoms with Gasteiger partial charge in [-0.2, -0.15) is 0 Å². The molecule has 4 aliphatic heterocycles. The van der Waals surface area contributed by atoms with Crippen molar-refractivity contribution in [3.05, 3.63) is 0 Å². The smallest absolute Gasteiger partial charge is 0.311 e. The number of aliphatic hydroxyl groups is 3. The maximum absolute atomic E-state index is 14.1. The number of ether oxygens (including phenoxy) is 5. The zero-order chi connectivity index (χ0) is 35.8. The summed E-state index contributed by atoms with van der Waals surface area (Å²) in [6, 6.07) is -0.579. The van der Waals surface area contributed by atoms with E-state index in [0.29, 0.717) is 51.7 Å². The second-order valence-corrected chi connectivity index (χ2v) is 16.0. The van der Waals surface area contributed by atoms with Gasteiger partial charge in [-0.05, 0) is 80.4 Å². The Balaban J connectivity index is 1.83. The van der Waals surface area contributed by atoms with E-state index in [-0.39, 0.29) is 24.0 Å². The lowest BCUT2D eigenvalue weighted by Crippen LogP contribution is -2.60. The van der Waals surface area contributed by atoms with E-state index in [1.807, 2.05) is 46.7 Å². The van der Waals surface area contributed by atoms with Gasteiger partial charge in [0.25, 0.3) is 0 Å². The van der Waals surface area contributed by atoms with Crippen molar-refractivity contribution in [1.29, 1.82) is 0 Å². The first-order valence-corrected chi connectivity index (χ1v) is 18.5. The number of nitrogens with one attached hydrogen (secondary N) is 1. The molecule has 48 heavy (non-hydrogen) atoms. The summed E-state index contributed by atoms with van der Waals surface area (Å²) in [6.45, 7) is 20.2. The Morgan fingerprint density at radius 3 is 2.33 bits per heavy atom. The third kappa shape index (κ3) is 8.24. The van der Waals surface area contributed by atoms with E-state index in [2.05, 4.69) is 31.0 Å². The molecule has 0 aliphatic carbocycles. The van der Waals surface area contributed by atoms with Gasteiger partial charge in [-0.3, -0.25) is 4.79 Å². The average Bonchev–Trinajstić information content (AvgIpc) is 3.11. The summed E-state index contributed by atoms with van der Waals surface area (Å²) in [5.41, 5.74) is -2.60. The molecule has 4 saturated heterocycles. The van der Waals surface area contributed by atoms with Crippen molar-refractivity contribution >= 4 is 5.97 Å². The Hall–Kier alpha value is -0.930. The molecule has 280 valence electrons. The van der Waals surface area contributed by atoms with Crippen molar-refractivity contribution in [3.63, 3.8) is 0 Å². The normalized spacial score (nSPS) is 46.9. The number of hydrogen-bond acceptors (Lipinski definition) is 12. The maximum Gasteiger partial charge on any atom is 0.311 e. The number of rotatable bonds is 5. The van der Waals surface area contributed by atoms with E-state index in [1.165, 1.54) is 0 Å². The molecule has 0 radical (unpaired) electrons. The molecule has 0 aromatic rings. The van der Waals surface area contributed by atoms with Gasteiger partial charge in [0, 0.05) is 50.5 Å². The lowest BCUT2D eigenvalue weighted by molar-refractivity contribution is -0.329. The number of hydrogen-bond donors (Lipinski definition) is 4. The summed E-state index contributed by atoms with van der Waals surface area (Å²) in [4.78, 5) is 18.3. The van der Waals surface area contributed by atoms with Gasteiger partial charge in [0.1, 0.15) is 23.9 Å². The fraction of sp³-hybridized carbons (Fsp3) is 0.972. The standard InChI is InChI=1S/C36H67N3O9/c1-12-27-35(9,43)30(41)25(7)39(11)20-21(3)19-34(8)31(46-33-28(40)26(38(10)13-2)18-22(4)44-33)23(5)29(24(6)32(42)45-27)47-36(48-34)14-16-37-17-15-36/h21-31,33,37,40-41,43H,12-20H2,1-11H3/t21-,22-,23+,24-,25-,26+,27-,28-,29+,30-,31-,33+,34+,35-/m1/s1. The molecule has 12 nitrogen and oxygen atoms in total. The van der Waals surface area contributed by atoms with E-state index >= 15 is 0 Å². The molecule has 4 aliphatic rings. The minimum Gasteiger partial charge on any atom is -0.459 e. The first-order valence-electron chi connectivity index (χ1n) is 18.5. The van der Waals surface area contributed by atoms with Crippen LogP contribution in [0.25, 0.3) is 0 Å². The minimum atomic E-state index is -1.69. The molecule has 12 heteroatoms. The van der Waals surface area contributed by atoms with Gasteiger partial charge in [0.2, 0.25) is 0 Å². The second kappa shape index (κ2) is 15.8. The van der Waals surface area contributed by atoms with E-state index in [0.717, 1.165) is 6.54 Å². The third-order valence-corrected chi connectivity index (χ3v) is 11.9. The van der Waals surface area contributed by atoms with Crippen molar-refractivity contribution in [1.82, 2.24) is 15.1 Å². The van der Waals surface area contributed by atoms with Crippen LogP contribution in [0, 0.1) is 17.8 Å². The van der Waals surface area contributed by atoms with Crippen LogP contribution in [0.1, 0.15) is 94.4 Å². The van der Waals surface area contributed by atoms with Crippen LogP contribution in [0.4, 0.5) is 0 Å². The van der Waals surface area contributed by atoms with Crippen LogP contribution in [-0.4, -0.2) is 143 Å². The van der Waals surface area contributed by atoms with E-state index in [4.69, 9.17) is 23.7 Å². The number of carbonyl (C=O) groups excluding carboxylic acids is 1. The molecule has 4 N–H and O–H groups in total. The summed E-state index contributed by atoms with van der Waals surface area (Å²) < 4.78 is 33.7. The number of esters is 1.